The number of tetrazole rings is 1. The van der Waals surface area contributed by atoms with E-state index in [0.717, 1.165) is 11.4 Å². The molecule has 8 heteroatoms. The molecule has 2 heterocycles. The van der Waals surface area contributed by atoms with Crippen LogP contribution in [0.3, 0.4) is 0 Å². The van der Waals surface area contributed by atoms with Gasteiger partial charge in [0.1, 0.15) is 5.00 Å². The summed E-state index contributed by atoms with van der Waals surface area (Å²) in [5.41, 5.74) is 0.138. The number of nitrogens with one attached hydrogen (secondary N) is 1. The van der Waals surface area contributed by atoms with E-state index in [2.05, 4.69) is 27.9 Å². The molecule has 3 atom stereocenters. The first-order chi connectivity index (χ1) is 12.2. The van der Waals surface area contributed by atoms with E-state index in [1.165, 1.54) is 33.5 Å². The Balaban J connectivity index is 1.20. The van der Waals surface area contributed by atoms with Crippen molar-refractivity contribution < 1.29 is 4.79 Å². The monoisotopic (exact) mass is 357 g/mol. The molecule has 3 aliphatic carbocycles. The molecule has 0 unspecified atom stereocenters. The first-order valence-corrected chi connectivity index (χ1v) is 9.60. The van der Waals surface area contributed by atoms with Gasteiger partial charge < -0.3 is 5.32 Å². The van der Waals surface area contributed by atoms with Crippen molar-refractivity contribution in [1.29, 1.82) is 0 Å². The first kappa shape index (κ1) is 15.1. The maximum absolute atomic E-state index is 12.5. The summed E-state index contributed by atoms with van der Waals surface area (Å²) in [7, 11) is 0. The Hall–Kier alpha value is -2.22. The van der Waals surface area contributed by atoms with Crippen LogP contribution in [0.1, 0.15) is 19.3 Å². The third-order valence-electron chi connectivity index (χ3n) is 6.04. The predicted molar refractivity (Wildman–Crippen MR) is 92.4 cm³/mol. The molecule has 2 aromatic heterocycles. The van der Waals surface area contributed by atoms with Crippen molar-refractivity contribution in [2.75, 3.05) is 6.54 Å². The second kappa shape index (κ2) is 5.39. The zero-order valence-corrected chi connectivity index (χ0v) is 14.5. The second-order valence-corrected chi connectivity index (χ2v) is 8.16. The van der Waals surface area contributed by atoms with Gasteiger partial charge in [0.2, 0.25) is 5.91 Å². The van der Waals surface area contributed by atoms with Gasteiger partial charge in [0.25, 0.3) is 0 Å². The SMILES string of the molecule is O=C(NCCn1nnn(-c2cccs2)c1=O)[C@H]1C[C@H]2C=C[C@H]1C21CC1. The molecule has 3 aliphatic rings. The minimum Gasteiger partial charge on any atom is -0.354 e. The number of hydrogen-bond donors (Lipinski definition) is 1. The average Bonchev–Trinajstić information content (AvgIpc) is 2.92. The first-order valence-electron chi connectivity index (χ1n) is 8.72. The van der Waals surface area contributed by atoms with Gasteiger partial charge in [-0.2, -0.15) is 9.36 Å². The highest BCUT2D eigenvalue weighted by Crippen LogP contribution is 2.70. The summed E-state index contributed by atoms with van der Waals surface area (Å²) >= 11 is 1.43. The van der Waals surface area contributed by atoms with Gasteiger partial charge in [0.15, 0.2) is 0 Å². The largest absolute Gasteiger partial charge is 0.369 e. The van der Waals surface area contributed by atoms with Crippen molar-refractivity contribution in [1.82, 2.24) is 25.1 Å². The number of rotatable bonds is 5. The van der Waals surface area contributed by atoms with Gasteiger partial charge in [0, 0.05) is 12.5 Å². The number of amides is 1. The Kier molecular flexibility index (Phi) is 3.25. The van der Waals surface area contributed by atoms with Crippen LogP contribution in [-0.2, 0) is 11.3 Å². The van der Waals surface area contributed by atoms with Gasteiger partial charge in [-0.25, -0.2) is 4.79 Å². The molecule has 0 saturated heterocycles. The molecular weight excluding hydrogens is 338 g/mol. The lowest BCUT2D eigenvalue weighted by atomic mass is 9.88. The summed E-state index contributed by atoms with van der Waals surface area (Å²) in [6.45, 7) is 0.726. The van der Waals surface area contributed by atoms with Crippen LogP contribution >= 0.6 is 11.3 Å². The van der Waals surface area contributed by atoms with Crippen molar-refractivity contribution >= 4 is 17.2 Å². The van der Waals surface area contributed by atoms with Gasteiger partial charge in [-0.05, 0) is 64.5 Å². The molecule has 25 heavy (non-hydrogen) atoms. The molecular formula is C17H19N5O2S. The summed E-state index contributed by atoms with van der Waals surface area (Å²) in [6, 6.07) is 3.69. The maximum atomic E-state index is 12.5. The predicted octanol–water partition coefficient (Wildman–Crippen LogP) is 1.21. The molecule has 7 nitrogen and oxygen atoms in total. The molecule has 0 aromatic carbocycles. The Morgan fingerprint density at radius 1 is 1.36 bits per heavy atom. The van der Waals surface area contributed by atoms with Gasteiger partial charge in [-0.3, -0.25) is 4.79 Å². The standard InChI is InChI=1S/C17H19N5O2S/c23-15(12-10-11-3-4-13(12)17(11)5-6-17)18-7-8-21-16(24)22(20-19-21)14-2-1-9-25-14/h1-4,9,11-13H,5-8,10H2,(H,18,23)/t11-,12+,13-/m1/s1. The van der Waals surface area contributed by atoms with E-state index >= 15 is 0 Å². The lowest BCUT2D eigenvalue weighted by Gasteiger charge is -2.19. The Morgan fingerprint density at radius 3 is 2.96 bits per heavy atom. The van der Waals surface area contributed by atoms with Crippen LogP contribution in [0.25, 0.3) is 5.00 Å². The summed E-state index contributed by atoms with van der Waals surface area (Å²) in [5, 5.41) is 13.4. The lowest BCUT2D eigenvalue weighted by molar-refractivity contribution is -0.125. The smallest absolute Gasteiger partial charge is 0.354 e. The third-order valence-corrected chi connectivity index (χ3v) is 6.88. The fourth-order valence-corrected chi connectivity index (χ4v) is 5.30. The van der Waals surface area contributed by atoms with E-state index in [9.17, 15) is 9.59 Å². The Bertz CT molecular complexity index is 893. The maximum Gasteiger partial charge on any atom is 0.369 e. The number of carbonyl (C=O) groups excluding carboxylic acids is 1. The topological polar surface area (TPSA) is 81.8 Å². The number of allylic oxidation sites excluding steroid dienone is 2. The Labute approximate surface area is 148 Å². The van der Waals surface area contributed by atoms with Crippen molar-refractivity contribution in [2.24, 2.45) is 23.2 Å². The van der Waals surface area contributed by atoms with Crippen LogP contribution in [0.5, 0.6) is 0 Å². The van der Waals surface area contributed by atoms with Gasteiger partial charge >= 0.3 is 5.69 Å². The normalized spacial score (nSPS) is 27.9. The molecule has 2 aromatic rings. The van der Waals surface area contributed by atoms with E-state index in [1.54, 1.807) is 0 Å². The summed E-state index contributed by atoms with van der Waals surface area (Å²) in [4.78, 5) is 24.8. The van der Waals surface area contributed by atoms with Crippen molar-refractivity contribution in [3.05, 3.63) is 40.1 Å². The molecule has 2 bridgehead atoms. The number of carbonyl (C=O) groups is 1. The molecule has 0 aliphatic heterocycles. The van der Waals surface area contributed by atoms with Crippen LogP contribution in [-0.4, -0.2) is 32.2 Å². The number of hydrogen-bond acceptors (Lipinski definition) is 5. The zero-order chi connectivity index (χ0) is 17.0. The number of thiophene rings is 1. The Morgan fingerprint density at radius 2 is 2.24 bits per heavy atom. The molecule has 2 saturated carbocycles. The fourth-order valence-electron chi connectivity index (χ4n) is 4.63. The minimum absolute atomic E-state index is 0.0935. The minimum atomic E-state index is -0.281. The van der Waals surface area contributed by atoms with Crippen LogP contribution in [0.15, 0.2) is 34.5 Å². The number of aromatic nitrogens is 4. The van der Waals surface area contributed by atoms with E-state index < -0.39 is 0 Å². The van der Waals surface area contributed by atoms with Crippen molar-refractivity contribution in [3.63, 3.8) is 0 Å². The molecule has 1 amide bonds. The van der Waals surface area contributed by atoms with Crippen LogP contribution < -0.4 is 11.0 Å². The van der Waals surface area contributed by atoms with Crippen LogP contribution in [0.4, 0.5) is 0 Å². The lowest BCUT2D eigenvalue weighted by Crippen LogP contribution is -2.37. The molecule has 5 rings (SSSR count). The highest BCUT2D eigenvalue weighted by Gasteiger charge is 2.63. The van der Waals surface area contributed by atoms with Crippen molar-refractivity contribution in [3.8, 4) is 5.00 Å². The third kappa shape index (κ3) is 2.23. The fraction of sp³-hybridized carbons (Fsp3) is 0.529. The summed E-state index contributed by atoms with van der Waals surface area (Å²) in [6.07, 6.45) is 8.06. The molecule has 2 fully saturated rings. The summed E-state index contributed by atoms with van der Waals surface area (Å²) in [5.74, 6) is 1.22. The van der Waals surface area contributed by atoms with Crippen LogP contribution in [0, 0.1) is 23.2 Å². The summed E-state index contributed by atoms with van der Waals surface area (Å²) < 4.78 is 2.58. The highest BCUT2D eigenvalue weighted by molar-refractivity contribution is 7.12. The van der Waals surface area contributed by atoms with Crippen molar-refractivity contribution in [2.45, 2.75) is 25.8 Å². The number of nitrogens with zero attached hydrogens (tertiary/aromatic N) is 4. The average molecular weight is 357 g/mol. The molecule has 1 N–H and O–H groups in total. The van der Waals surface area contributed by atoms with E-state index in [4.69, 9.17) is 0 Å². The molecule has 130 valence electrons. The second-order valence-electron chi connectivity index (χ2n) is 7.23. The van der Waals surface area contributed by atoms with Crippen LogP contribution in [0.2, 0.25) is 0 Å². The van der Waals surface area contributed by atoms with E-state index in [-0.39, 0.29) is 17.5 Å². The van der Waals surface area contributed by atoms with E-state index in [0.29, 0.717) is 30.3 Å². The molecule has 0 radical (unpaired) electrons. The van der Waals surface area contributed by atoms with Gasteiger partial charge in [-0.15, -0.1) is 11.3 Å². The quantitative estimate of drug-likeness (QED) is 0.816. The van der Waals surface area contributed by atoms with E-state index in [1.807, 2.05) is 17.5 Å². The highest BCUT2D eigenvalue weighted by atomic mass is 32.1. The van der Waals surface area contributed by atoms with Gasteiger partial charge in [-0.1, -0.05) is 12.2 Å². The zero-order valence-electron chi connectivity index (χ0n) is 13.7. The van der Waals surface area contributed by atoms with Gasteiger partial charge in [0.05, 0.1) is 6.54 Å². The molecule has 1 spiro atoms.